The second-order valence-corrected chi connectivity index (χ2v) is 10.4. The Bertz CT molecular complexity index is 1570. The monoisotopic (exact) mass is 583 g/mol. The number of aromatic carboxylic acids is 1. The molecule has 1 atom stereocenters. The number of pyridine rings is 1. The molecule has 4 aromatic rings. The number of aromatic amines is 1. The molecule has 0 saturated carbocycles. The summed E-state index contributed by atoms with van der Waals surface area (Å²) in [4.78, 5) is 39.8. The van der Waals surface area contributed by atoms with Crippen molar-refractivity contribution < 1.29 is 19.0 Å². The minimum absolute atomic E-state index is 0.170. The van der Waals surface area contributed by atoms with Crippen LogP contribution in [-0.4, -0.2) is 66.3 Å². The molecule has 3 N–H and O–H groups in total. The van der Waals surface area contributed by atoms with Gasteiger partial charge in [-0.05, 0) is 56.6 Å². The van der Waals surface area contributed by atoms with E-state index in [1.165, 1.54) is 31.5 Å². The number of halogens is 2. The summed E-state index contributed by atoms with van der Waals surface area (Å²) in [6, 6.07) is 7.65. The lowest BCUT2D eigenvalue weighted by Gasteiger charge is -2.29. The van der Waals surface area contributed by atoms with Gasteiger partial charge in [0.15, 0.2) is 0 Å². The molecule has 3 aromatic heterocycles. The van der Waals surface area contributed by atoms with Crippen LogP contribution in [0.1, 0.15) is 47.7 Å². The van der Waals surface area contributed by atoms with Crippen molar-refractivity contribution in [3.05, 3.63) is 81.1 Å². The third kappa shape index (κ3) is 7.46. The normalized spacial score (nSPS) is 17.0. The fourth-order valence-electron chi connectivity index (χ4n) is 4.79. The molecule has 1 unspecified atom stereocenters. The van der Waals surface area contributed by atoms with Crippen LogP contribution in [0.2, 0.25) is 5.02 Å². The number of likely N-dealkylation sites (tertiary alicyclic amines) is 1. The number of ether oxygens (including phenoxy) is 1. The van der Waals surface area contributed by atoms with E-state index in [0.717, 1.165) is 68.3 Å². The van der Waals surface area contributed by atoms with Crippen LogP contribution in [0.15, 0.2) is 47.5 Å². The number of imidazole rings is 1. The fourth-order valence-corrected chi connectivity index (χ4v) is 5.01. The predicted molar refractivity (Wildman–Crippen MR) is 152 cm³/mol. The van der Waals surface area contributed by atoms with Crippen LogP contribution >= 0.6 is 11.6 Å². The van der Waals surface area contributed by atoms with Crippen LogP contribution < -0.4 is 10.9 Å². The molecule has 0 radical (unpaired) electrons. The number of carboxylic acids is 1. The van der Waals surface area contributed by atoms with E-state index in [1.807, 2.05) is 6.07 Å². The molecule has 1 aromatic carbocycles. The summed E-state index contributed by atoms with van der Waals surface area (Å²) in [6.45, 7) is 4.87. The summed E-state index contributed by atoms with van der Waals surface area (Å²) in [6.07, 6.45) is 7.53. The molecule has 216 valence electrons. The van der Waals surface area contributed by atoms with Crippen LogP contribution in [0.4, 0.5) is 10.2 Å². The Morgan fingerprint density at radius 1 is 1.20 bits per heavy atom. The number of nitrogens with one attached hydrogen (secondary N) is 2. The van der Waals surface area contributed by atoms with Gasteiger partial charge in [0.1, 0.15) is 23.3 Å². The Hall–Kier alpha value is -3.87. The van der Waals surface area contributed by atoms with E-state index in [1.54, 1.807) is 12.1 Å². The number of benzene rings is 1. The van der Waals surface area contributed by atoms with Gasteiger partial charge in [0.25, 0.3) is 5.56 Å². The number of carboxylic acid groups (broad SMARTS) is 1. The predicted octanol–water partition coefficient (Wildman–Crippen LogP) is 4.08. The van der Waals surface area contributed by atoms with E-state index in [2.05, 4.69) is 29.7 Å². The molecule has 2 aliphatic heterocycles. The van der Waals surface area contributed by atoms with E-state index >= 15 is 0 Å². The molecule has 0 bridgehead atoms. The Balaban J connectivity index is 0.000000175. The topological polar surface area (TPSA) is 138 Å². The molecule has 11 nitrogen and oxygen atoms in total. The van der Waals surface area contributed by atoms with Gasteiger partial charge in [-0.3, -0.25) is 9.69 Å². The Labute approximate surface area is 240 Å². The van der Waals surface area contributed by atoms with E-state index < -0.39 is 11.8 Å². The van der Waals surface area contributed by atoms with E-state index in [4.69, 9.17) is 21.3 Å². The number of fused-ring (bicyclic) bond motifs is 1. The number of piperidine rings is 1. The molecular formula is C28H31ClFN7O4. The summed E-state index contributed by atoms with van der Waals surface area (Å²) in [5.41, 5.74) is 1.83. The van der Waals surface area contributed by atoms with Crippen molar-refractivity contribution in [1.29, 1.82) is 0 Å². The average molecular weight is 584 g/mol. The zero-order valence-corrected chi connectivity index (χ0v) is 23.1. The third-order valence-electron chi connectivity index (χ3n) is 7.02. The number of aromatic nitrogens is 5. The number of anilines is 1. The largest absolute Gasteiger partial charge is 0.478 e. The Kier molecular flexibility index (Phi) is 9.22. The zero-order valence-electron chi connectivity index (χ0n) is 22.4. The molecule has 2 saturated heterocycles. The first-order chi connectivity index (χ1) is 19.9. The van der Waals surface area contributed by atoms with Gasteiger partial charge in [-0.25, -0.2) is 24.1 Å². The highest BCUT2D eigenvalue weighted by Gasteiger charge is 2.23. The number of hydrogen-bond acceptors (Lipinski definition) is 8. The van der Waals surface area contributed by atoms with Crippen molar-refractivity contribution >= 4 is 34.4 Å². The van der Waals surface area contributed by atoms with Crippen molar-refractivity contribution in [2.45, 2.75) is 51.4 Å². The maximum atomic E-state index is 12.7. The van der Waals surface area contributed by atoms with Crippen molar-refractivity contribution in [1.82, 2.24) is 29.4 Å². The maximum absolute atomic E-state index is 12.7. The summed E-state index contributed by atoms with van der Waals surface area (Å²) in [5.74, 6) is 0.387. The van der Waals surface area contributed by atoms with Crippen molar-refractivity contribution in [2.24, 2.45) is 0 Å². The highest BCUT2D eigenvalue weighted by molar-refractivity contribution is 6.32. The summed E-state index contributed by atoms with van der Waals surface area (Å²) in [5, 5.41) is 12.3. The first-order valence-corrected chi connectivity index (χ1v) is 13.9. The van der Waals surface area contributed by atoms with Gasteiger partial charge in [-0.15, -0.1) is 0 Å². The lowest BCUT2D eigenvalue weighted by Crippen LogP contribution is -2.34. The molecule has 0 spiro atoms. The Morgan fingerprint density at radius 3 is 2.68 bits per heavy atom. The van der Waals surface area contributed by atoms with Crippen LogP contribution in [0, 0.1) is 5.82 Å². The van der Waals surface area contributed by atoms with Gasteiger partial charge in [-0.2, -0.15) is 0 Å². The average Bonchev–Trinajstić information content (AvgIpc) is 3.27. The number of carbonyl (C=O) groups is 1. The third-order valence-corrected chi connectivity index (χ3v) is 7.31. The van der Waals surface area contributed by atoms with Crippen LogP contribution in [0.25, 0.3) is 11.0 Å². The van der Waals surface area contributed by atoms with Gasteiger partial charge in [0.2, 0.25) is 0 Å². The van der Waals surface area contributed by atoms with Gasteiger partial charge >= 0.3 is 5.97 Å². The summed E-state index contributed by atoms with van der Waals surface area (Å²) < 4.78 is 20.5. The molecule has 13 heteroatoms. The van der Waals surface area contributed by atoms with Crippen LogP contribution in [0.5, 0.6) is 0 Å². The Morgan fingerprint density at radius 2 is 2.00 bits per heavy atom. The van der Waals surface area contributed by atoms with Crippen molar-refractivity contribution in [3.63, 3.8) is 0 Å². The molecule has 5 heterocycles. The van der Waals surface area contributed by atoms with E-state index in [-0.39, 0.29) is 23.2 Å². The lowest BCUT2D eigenvalue weighted by atomic mass is 10.1. The van der Waals surface area contributed by atoms with E-state index in [9.17, 15) is 19.1 Å². The number of rotatable bonds is 8. The van der Waals surface area contributed by atoms with Gasteiger partial charge < -0.3 is 24.7 Å². The van der Waals surface area contributed by atoms with Gasteiger partial charge in [0.05, 0.1) is 53.6 Å². The standard InChI is InChI=1S/C18H23N3O3.C10H8ClFN4O/c22-18(23)13-4-5-15-16(10-13)21(11-14-6-9-24-14)17(19-15)12-20-7-2-1-3-8-20;11-7-3-6(12)4-14-10(7)15-5-8-13-2-1-9(17)16-8/h4-5,10,14H,1-3,6-9,11-12H2,(H,22,23);1-4H,5H2,(H,14,15)(H,13,16,17). The number of nitrogens with zero attached hydrogens (tertiary/aromatic N) is 5. The highest BCUT2D eigenvalue weighted by atomic mass is 35.5. The smallest absolute Gasteiger partial charge is 0.335 e. The molecule has 41 heavy (non-hydrogen) atoms. The minimum Gasteiger partial charge on any atom is -0.478 e. The van der Waals surface area contributed by atoms with E-state index in [0.29, 0.717) is 17.2 Å². The molecule has 6 rings (SSSR count). The second-order valence-electron chi connectivity index (χ2n) is 9.98. The van der Waals surface area contributed by atoms with Crippen LogP contribution in [0.3, 0.4) is 0 Å². The highest BCUT2D eigenvalue weighted by Crippen LogP contribution is 2.24. The number of hydrogen-bond donors (Lipinski definition) is 3. The fraction of sp³-hybridized carbons (Fsp3) is 0.393. The van der Waals surface area contributed by atoms with Crippen LogP contribution in [-0.2, 0) is 24.4 Å². The minimum atomic E-state index is -0.901. The summed E-state index contributed by atoms with van der Waals surface area (Å²) in [7, 11) is 0. The van der Waals surface area contributed by atoms with Gasteiger partial charge in [-0.1, -0.05) is 18.0 Å². The SMILES string of the molecule is O=C(O)c1ccc2nc(CN3CCCCC3)n(CC3CCO3)c2c1.O=c1ccnc(CNc2ncc(F)cc2Cl)[nH]1. The summed E-state index contributed by atoms with van der Waals surface area (Å²) >= 11 is 5.77. The maximum Gasteiger partial charge on any atom is 0.335 e. The van der Waals surface area contributed by atoms with Crippen molar-refractivity contribution in [3.8, 4) is 0 Å². The molecule has 0 aliphatic carbocycles. The lowest BCUT2D eigenvalue weighted by molar-refractivity contribution is -0.0592. The first-order valence-electron chi connectivity index (χ1n) is 13.5. The molecule has 2 aliphatic rings. The zero-order chi connectivity index (χ0) is 28.8. The quantitative estimate of drug-likeness (QED) is 0.280. The first kappa shape index (κ1) is 28.7. The second kappa shape index (κ2) is 13.2. The molecule has 0 amide bonds. The number of H-pyrrole nitrogens is 1. The molecule has 2 fully saturated rings. The van der Waals surface area contributed by atoms with Gasteiger partial charge in [0, 0.05) is 18.9 Å². The van der Waals surface area contributed by atoms with Crippen molar-refractivity contribution in [2.75, 3.05) is 25.0 Å². The molecular weight excluding hydrogens is 553 g/mol.